The number of ether oxygens (including phenoxy) is 1. The highest BCUT2D eigenvalue weighted by atomic mass is 16.5. The number of aromatic amines is 1. The number of aromatic nitrogens is 2. The minimum absolute atomic E-state index is 0.165. The number of fused-ring (bicyclic) bond motifs is 1. The van der Waals surface area contributed by atoms with E-state index in [4.69, 9.17) is 9.15 Å². The van der Waals surface area contributed by atoms with Crippen LogP contribution in [0.1, 0.15) is 34.2 Å². The number of benzene rings is 1. The van der Waals surface area contributed by atoms with E-state index in [1.54, 1.807) is 6.92 Å². The van der Waals surface area contributed by atoms with Crippen molar-refractivity contribution in [2.24, 2.45) is 0 Å². The van der Waals surface area contributed by atoms with Crippen molar-refractivity contribution in [2.45, 2.75) is 33.0 Å². The van der Waals surface area contributed by atoms with Crippen molar-refractivity contribution in [3.8, 4) is 0 Å². The molecule has 0 spiro atoms. The number of aryl methyl sites for hydroxylation is 1. The summed E-state index contributed by atoms with van der Waals surface area (Å²) in [7, 11) is 0. The Labute approximate surface area is 167 Å². The lowest BCUT2D eigenvalue weighted by molar-refractivity contribution is -0.0212. The maximum Gasteiger partial charge on any atom is 0.262 e. The van der Waals surface area contributed by atoms with Crippen LogP contribution in [0.2, 0.25) is 0 Å². The molecule has 8 heteroatoms. The fourth-order valence-electron chi connectivity index (χ4n) is 3.73. The number of furan rings is 1. The molecule has 0 saturated carbocycles. The number of nitrogens with zero attached hydrogens (tertiary/aromatic N) is 2. The molecule has 1 fully saturated rings. The van der Waals surface area contributed by atoms with Crippen LogP contribution in [-0.4, -0.2) is 46.6 Å². The first-order valence-electron chi connectivity index (χ1n) is 9.68. The first-order valence-corrected chi connectivity index (χ1v) is 9.68. The number of carbonyl (C=O) groups excluding carboxylic acids is 1. The Morgan fingerprint density at radius 1 is 1.38 bits per heavy atom. The number of nitrogens with one attached hydrogen (secondary N) is 2. The second kappa shape index (κ2) is 8.18. The lowest BCUT2D eigenvalue weighted by atomic mass is 10.1. The minimum Gasteiger partial charge on any atom is -0.442 e. The Bertz CT molecular complexity index is 1090. The highest BCUT2D eigenvalue weighted by Gasteiger charge is 2.21. The molecule has 0 aliphatic carbocycles. The fraction of sp³-hybridized carbons (Fsp3) is 0.381. The van der Waals surface area contributed by atoms with Gasteiger partial charge in [0.2, 0.25) is 5.71 Å². The molecule has 1 aromatic carbocycles. The van der Waals surface area contributed by atoms with E-state index >= 15 is 0 Å². The molecule has 3 heterocycles. The summed E-state index contributed by atoms with van der Waals surface area (Å²) in [4.78, 5) is 33.7. The molecule has 1 aliphatic heterocycles. The summed E-state index contributed by atoms with van der Waals surface area (Å²) in [6, 6.07) is 8.15. The monoisotopic (exact) mass is 396 g/mol. The van der Waals surface area contributed by atoms with Gasteiger partial charge in [0.05, 0.1) is 24.6 Å². The van der Waals surface area contributed by atoms with Crippen LogP contribution in [0.4, 0.5) is 0 Å². The first kappa shape index (κ1) is 19.4. The van der Waals surface area contributed by atoms with Crippen LogP contribution in [0.3, 0.4) is 0 Å². The zero-order valence-corrected chi connectivity index (χ0v) is 16.5. The number of carbonyl (C=O) groups is 1. The van der Waals surface area contributed by atoms with Gasteiger partial charge >= 0.3 is 0 Å². The molecule has 0 bridgehead atoms. The molecular weight excluding hydrogens is 372 g/mol. The predicted molar refractivity (Wildman–Crippen MR) is 108 cm³/mol. The van der Waals surface area contributed by atoms with Crippen LogP contribution in [-0.2, 0) is 17.8 Å². The van der Waals surface area contributed by atoms with Crippen LogP contribution in [0, 0.1) is 6.92 Å². The van der Waals surface area contributed by atoms with Gasteiger partial charge in [0.15, 0.2) is 0 Å². The maximum atomic E-state index is 12.7. The third-order valence-corrected chi connectivity index (χ3v) is 5.07. The SMILES string of the molecule is Cc1oc2nc[nH]c(=O)c2c1C(=O)NCc1cccc(CN2CCOC(C)C2)c1. The summed E-state index contributed by atoms with van der Waals surface area (Å²) in [5, 5.41) is 3.06. The molecule has 1 unspecified atom stereocenters. The lowest BCUT2D eigenvalue weighted by Crippen LogP contribution is -2.40. The van der Waals surface area contributed by atoms with Gasteiger partial charge < -0.3 is 19.5 Å². The van der Waals surface area contributed by atoms with E-state index in [1.807, 2.05) is 12.1 Å². The highest BCUT2D eigenvalue weighted by Crippen LogP contribution is 2.20. The van der Waals surface area contributed by atoms with Crippen molar-refractivity contribution in [2.75, 3.05) is 19.7 Å². The van der Waals surface area contributed by atoms with Crippen molar-refractivity contribution in [3.05, 3.63) is 63.4 Å². The molecule has 29 heavy (non-hydrogen) atoms. The van der Waals surface area contributed by atoms with Gasteiger partial charge in [0, 0.05) is 26.2 Å². The number of amides is 1. The molecule has 1 aliphatic rings. The molecule has 2 N–H and O–H groups in total. The Hall–Kier alpha value is -2.97. The van der Waals surface area contributed by atoms with Gasteiger partial charge in [0.1, 0.15) is 11.1 Å². The van der Waals surface area contributed by atoms with E-state index in [0.29, 0.717) is 12.3 Å². The summed E-state index contributed by atoms with van der Waals surface area (Å²) in [5.41, 5.74) is 2.19. The van der Waals surface area contributed by atoms with Crippen LogP contribution < -0.4 is 10.9 Å². The lowest BCUT2D eigenvalue weighted by Gasteiger charge is -2.31. The van der Waals surface area contributed by atoms with Gasteiger partial charge in [-0.1, -0.05) is 24.3 Å². The van der Waals surface area contributed by atoms with Gasteiger partial charge in [-0.15, -0.1) is 0 Å². The smallest absolute Gasteiger partial charge is 0.262 e. The molecule has 0 radical (unpaired) electrons. The molecule has 1 saturated heterocycles. The maximum absolute atomic E-state index is 12.7. The van der Waals surface area contributed by atoms with Crippen molar-refractivity contribution >= 4 is 17.0 Å². The normalized spacial score (nSPS) is 17.5. The summed E-state index contributed by atoms with van der Waals surface area (Å²) in [6.07, 6.45) is 1.51. The van der Waals surface area contributed by atoms with E-state index in [2.05, 4.69) is 39.2 Å². The number of rotatable bonds is 5. The van der Waals surface area contributed by atoms with E-state index in [1.165, 1.54) is 11.9 Å². The van der Waals surface area contributed by atoms with Crippen LogP contribution >= 0.6 is 0 Å². The summed E-state index contributed by atoms with van der Waals surface area (Å²) in [5.74, 6) is 0.0176. The Kier molecular flexibility index (Phi) is 5.46. The van der Waals surface area contributed by atoms with E-state index < -0.39 is 5.56 Å². The molecular formula is C21H24N4O4. The van der Waals surface area contributed by atoms with Gasteiger partial charge in [0.25, 0.3) is 11.5 Å². The van der Waals surface area contributed by atoms with Gasteiger partial charge in [-0.2, -0.15) is 0 Å². The third-order valence-electron chi connectivity index (χ3n) is 5.07. The summed E-state index contributed by atoms with van der Waals surface area (Å²) in [6.45, 7) is 7.53. The fourth-order valence-corrected chi connectivity index (χ4v) is 3.73. The number of hydrogen-bond acceptors (Lipinski definition) is 6. The molecule has 1 amide bonds. The van der Waals surface area contributed by atoms with Gasteiger partial charge in [-0.3, -0.25) is 14.5 Å². The number of hydrogen-bond donors (Lipinski definition) is 2. The average Bonchev–Trinajstić information content (AvgIpc) is 3.04. The van der Waals surface area contributed by atoms with Gasteiger partial charge in [-0.05, 0) is 25.0 Å². The predicted octanol–water partition coefficient (Wildman–Crippen LogP) is 1.98. The second-order valence-electron chi connectivity index (χ2n) is 7.36. The van der Waals surface area contributed by atoms with E-state index in [0.717, 1.165) is 31.8 Å². The van der Waals surface area contributed by atoms with Crippen LogP contribution in [0.5, 0.6) is 0 Å². The summed E-state index contributed by atoms with van der Waals surface area (Å²) >= 11 is 0. The molecule has 152 valence electrons. The van der Waals surface area contributed by atoms with Crippen LogP contribution in [0.15, 0.2) is 39.8 Å². The Morgan fingerprint density at radius 2 is 2.21 bits per heavy atom. The third kappa shape index (κ3) is 4.23. The van der Waals surface area contributed by atoms with Crippen molar-refractivity contribution in [1.82, 2.24) is 20.2 Å². The Balaban J connectivity index is 1.45. The summed E-state index contributed by atoms with van der Waals surface area (Å²) < 4.78 is 11.1. The van der Waals surface area contributed by atoms with Crippen molar-refractivity contribution < 1.29 is 13.9 Å². The minimum atomic E-state index is -0.390. The quantitative estimate of drug-likeness (QED) is 0.684. The Morgan fingerprint density at radius 3 is 3.03 bits per heavy atom. The van der Waals surface area contributed by atoms with E-state index in [-0.39, 0.29) is 28.7 Å². The number of H-pyrrole nitrogens is 1. The average molecular weight is 396 g/mol. The topological polar surface area (TPSA) is 100 Å². The largest absolute Gasteiger partial charge is 0.442 e. The molecule has 8 nitrogen and oxygen atoms in total. The molecule has 4 rings (SSSR count). The molecule has 2 aromatic heterocycles. The zero-order valence-electron chi connectivity index (χ0n) is 16.5. The number of morpholine rings is 1. The van der Waals surface area contributed by atoms with E-state index in [9.17, 15) is 9.59 Å². The highest BCUT2D eigenvalue weighted by molar-refractivity contribution is 6.06. The van der Waals surface area contributed by atoms with Crippen molar-refractivity contribution in [3.63, 3.8) is 0 Å². The second-order valence-corrected chi connectivity index (χ2v) is 7.36. The zero-order chi connectivity index (χ0) is 20.4. The standard InChI is InChI=1S/C21H24N4O4/c1-13-10-25(6-7-28-13)11-16-5-3-4-15(8-16)9-22-19(26)17-14(2)29-21-18(17)20(27)23-12-24-21/h3-5,8,12-13H,6-7,9-11H2,1-2H3,(H,22,26)(H,23,24,27). The molecule has 1 atom stereocenters. The molecule has 3 aromatic rings. The first-order chi connectivity index (χ1) is 14.0. The van der Waals surface area contributed by atoms with Crippen molar-refractivity contribution in [1.29, 1.82) is 0 Å². The van der Waals surface area contributed by atoms with Gasteiger partial charge in [-0.25, -0.2) is 4.98 Å². The van der Waals surface area contributed by atoms with Crippen LogP contribution in [0.25, 0.3) is 11.1 Å².